The number of nitrogens with zero attached hydrogens (tertiary/aromatic N) is 1. The minimum absolute atomic E-state index is 0.0146. The number of methoxy groups -OCH3 is 1. The second kappa shape index (κ2) is 6.89. The van der Waals surface area contributed by atoms with Crippen LogP contribution in [0.1, 0.15) is 45.4 Å². The Morgan fingerprint density at radius 1 is 1.32 bits per heavy atom. The molecule has 0 aliphatic heterocycles. The molecule has 1 unspecified atom stereocenters. The van der Waals surface area contributed by atoms with Gasteiger partial charge >= 0.3 is 5.97 Å². The van der Waals surface area contributed by atoms with Gasteiger partial charge in [0, 0.05) is 20.6 Å². The lowest BCUT2D eigenvalue weighted by Crippen LogP contribution is -2.40. The van der Waals surface area contributed by atoms with Crippen molar-refractivity contribution in [3.63, 3.8) is 0 Å². The predicted octanol–water partition coefficient (Wildman–Crippen LogP) is 1.90. The van der Waals surface area contributed by atoms with Gasteiger partial charge in [-0.05, 0) is 25.2 Å². The van der Waals surface area contributed by atoms with Gasteiger partial charge in [0.05, 0.1) is 19.1 Å². The molecule has 5 heteroatoms. The van der Waals surface area contributed by atoms with Gasteiger partial charge in [-0.25, -0.2) is 0 Å². The molecule has 1 aliphatic rings. The van der Waals surface area contributed by atoms with E-state index >= 15 is 0 Å². The van der Waals surface area contributed by atoms with E-state index in [0.29, 0.717) is 13.0 Å². The molecule has 0 aromatic rings. The number of carbonyl (C=O) groups excluding carboxylic acids is 1. The fourth-order valence-corrected chi connectivity index (χ4v) is 2.91. The molecule has 1 amide bonds. The van der Waals surface area contributed by atoms with Crippen molar-refractivity contribution >= 4 is 11.9 Å². The van der Waals surface area contributed by atoms with Crippen molar-refractivity contribution in [1.82, 2.24) is 4.90 Å². The lowest BCUT2D eigenvalue weighted by Gasteiger charge is -2.31. The van der Waals surface area contributed by atoms with Crippen LogP contribution in [-0.4, -0.2) is 48.7 Å². The number of carboxylic acids is 1. The molecule has 0 heterocycles. The summed E-state index contributed by atoms with van der Waals surface area (Å²) < 4.78 is 5.05. The molecular weight excluding hydrogens is 246 g/mol. The van der Waals surface area contributed by atoms with E-state index in [1.54, 1.807) is 19.1 Å². The molecule has 1 saturated carbocycles. The number of aliphatic carboxylic acids is 1. The average Bonchev–Trinajstić information content (AvgIpc) is 2.75. The number of carbonyl (C=O) groups is 2. The Morgan fingerprint density at radius 2 is 1.89 bits per heavy atom. The molecule has 1 aliphatic carbocycles. The monoisotopic (exact) mass is 271 g/mol. The third-order valence-corrected chi connectivity index (χ3v) is 4.18. The molecule has 0 bridgehead atoms. The minimum atomic E-state index is -0.803. The van der Waals surface area contributed by atoms with Crippen LogP contribution in [0.25, 0.3) is 0 Å². The zero-order chi connectivity index (χ0) is 14.5. The topological polar surface area (TPSA) is 66.8 Å². The van der Waals surface area contributed by atoms with Crippen LogP contribution in [0.2, 0.25) is 0 Å². The first kappa shape index (κ1) is 16.0. The van der Waals surface area contributed by atoms with Gasteiger partial charge in [-0.2, -0.15) is 0 Å². The first-order valence-electron chi connectivity index (χ1n) is 6.86. The third-order valence-electron chi connectivity index (χ3n) is 4.18. The highest BCUT2D eigenvalue weighted by molar-refractivity contribution is 5.78. The Bertz CT molecular complexity index is 323. The fraction of sp³-hybridized carbons (Fsp3) is 0.857. The summed E-state index contributed by atoms with van der Waals surface area (Å²) >= 11 is 0. The number of ether oxygens (including phenoxy) is 1. The van der Waals surface area contributed by atoms with Crippen LogP contribution in [0.5, 0.6) is 0 Å². The van der Waals surface area contributed by atoms with Crippen LogP contribution in [0.3, 0.4) is 0 Å². The van der Waals surface area contributed by atoms with E-state index in [-0.39, 0.29) is 23.8 Å². The fourth-order valence-electron chi connectivity index (χ4n) is 2.91. The molecule has 0 radical (unpaired) electrons. The van der Waals surface area contributed by atoms with Crippen LogP contribution in [0, 0.1) is 5.41 Å². The smallest absolute Gasteiger partial charge is 0.303 e. The molecule has 0 saturated heterocycles. The Labute approximate surface area is 114 Å². The van der Waals surface area contributed by atoms with E-state index in [9.17, 15) is 9.59 Å². The first-order valence-corrected chi connectivity index (χ1v) is 6.86. The summed E-state index contributed by atoms with van der Waals surface area (Å²) in [6, 6.07) is 0.0146. The molecule has 5 nitrogen and oxygen atoms in total. The molecule has 1 fully saturated rings. The molecule has 1 rings (SSSR count). The second-order valence-electron chi connectivity index (χ2n) is 5.76. The molecule has 1 atom stereocenters. The van der Waals surface area contributed by atoms with Crippen LogP contribution < -0.4 is 0 Å². The summed E-state index contributed by atoms with van der Waals surface area (Å²) in [6.07, 6.45) is 4.18. The van der Waals surface area contributed by atoms with Gasteiger partial charge in [0.2, 0.25) is 5.91 Å². The summed E-state index contributed by atoms with van der Waals surface area (Å²) in [6.45, 7) is 2.42. The first-order chi connectivity index (χ1) is 8.90. The van der Waals surface area contributed by atoms with E-state index < -0.39 is 5.97 Å². The highest BCUT2D eigenvalue weighted by Crippen LogP contribution is 2.44. The largest absolute Gasteiger partial charge is 0.481 e. The van der Waals surface area contributed by atoms with Crippen molar-refractivity contribution in [3.05, 3.63) is 0 Å². The Morgan fingerprint density at radius 3 is 2.37 bits per heavy atom. The van der Waals surface area contributed by atoms with Crippen LogP contribution in [0.4, 0.5) is 0 Å². The third kappa shape index (κ3) is 4.49. The molecule has 0 spiro atoms. The van der Waals surface area contributed by atoms with E-state index in [2.05, 4.69) is 0 Å². The quantitative estimate of drug-likeness (QED) is 0.768. The zero-order valence-corrected chi connectivity index (χ0v) is 12.1. The highest BCUT2D eigenvalue weighted by atomic mass is 16.5. The van der Waals surface area contributed by atoms with Crippen molar-refractivity contribution in [2.75, 3.05) is 20.8 Å². The summed E-state index contributed by atoms with van der Waals surface area (Å²) in [4.78, 5) is 25.0. The Kier molecular flexibility index (Phi) is 5.79. The second-order valence-corrected chi connectivity index (χ2v) is 5.76. The highest BCUT2D eigenvalue weighted by Gasteiger charge is 2.39. The molecule has 1 N–H and O–H groups in total. The van der Waals surface area contributed by atoms with E-state index in [1.807, 2.05) is 6.92 Å². The SMILES string of the molecule is COCC(C)N(C)C(=O)CC1(CC(=O)O)CCCC1. The summed E-state index contributed by atoms with van der Waals surface area (Å²) in [5.74, 6) is -0.782. The number of hydrogen-bond donors (Lipinski definition) is 1. The number of rotatable bonds is 7. The van der Waals surface area contributed by atoms with Crippen molar-refractivity contribution in [3.8, 4) is 0 Å². The van der Waals surface area contributed by atoms with Crippen LogP contribution in [0.15, 0.2) is 0 Å². The number of amides is 1. The van der Waals surface area contributed by atoms with Gasteiger partial charge in [-0.1, -0.05) is 12.8 Å². The average molecular weight is 271 g/mol. The Balaban J connectivity index is 2.63. The maximum absolute atomic E-state index is 12.3. The lowest BCUT2D eigenvalue weighted by atomic mass is 9.79. The molecule has 110 valence electrons. The molecule has 19 heavy (non-hydrogen) atoms. The number of hydrogen-bond acceptors (Lipinski definition) is 3. The lowest BCUT2D eigenvalue weighted by molar-refractivity contribution is -0.141. The predicted molar refractivity (Wildman–Crippen MR) is 71.9 cm³/mol. The van der Waals surface area contributed by atoms with Gasteiger partial charge in [0.25, 0.3) is 0 Å². The Hall–Kier alpha value is -1.10. The van der Waals surface area contributed by atoms with Crippen LogP contribution >= 0.6 is 0 Å². The maximum Gasteiger partial charge on any atom is 0.303 e. The molecular formula is C14H25NO4. The van der Waals surface area contributed by atoms with Gasteiger partial charge in [0.15, 0.2) is 0 Å². The van der Waals surface area contributed by atoms with E-state index in [1.165, 1.54) is 0 Å². The minimum Gasteiger partial charge on any atom is -0.481 e. The van der Waals surface area contributed by atoms with Crippen molar-refractivity contribution in [2.45, 2.75) is 51.5 Å². The van der Waals surface area contributed by atoms with Crippen LogP contribution in [-0.2, 0) is 14.3 Å². The van der Waals surface area contributed by atoms with Crippen molar-refractivity contribution < 1.29 is 19.4 Å². The van der Waals surface area contributed by atoms with Gasteiger partial charge < -0.3 is 14.7 Å². The summed E-state index contributed by atoms with van der Waals surface area (Å²) in [5.41, 5.74) is -0.329. The van der Waals surface area contributed by atoms with Crippen molar-refractivity contribution in [2.24, 2.45) is 5.41 Å². The van der Waals surface area contributed by atoms with Gasteiger partial charge in [0.1, 0.15) is 0 Å². The number of likely N-dealkylation sites (N-methyl/N-ethyl adjacent to an activating group) is 1. The van der Waals surface area contributed by atoms with E-state index in [4.69, 9.17) is 9.84 Å². The van der Waals surface area contributed by atoms with E-state index in [0.717, 1.165) is 25.7 Å². The molecule has 0 aromatic heterocycles. The standard InChI is InChI=1S/C14H25NO4/c1-11(10-19-3)15(2)12(16)8-14(9-13(17)18)6-4-5-7-14/h11H,4-10H2,1-3H3,(H,17,18). The van der Waals surface area contributed by atoms with Gasteiger partial charge in [-0.3, -0.25) is 9.59 Å². The van der Waals surface area contributed by atoms with Crippen molar-refractivity contribution in [1.29, 1.82) is 0 Å². The summed E-state index contributed by atoms with van der Waals surface area (Å²) in [5, 5.41) is 9.04. The maximum atomic E-state index is 12.3. The summed E-state index contributed by atoms with van der Waals surface area (Å²) in [7, 11) is 3.37. The molecule has 0 aromatic carbocycles. The number of carboxylic acid groups (broad SMARTS) is 1. The normalized spacial score (nSPS) is 19.1. The van der Waals surface area contributed by atoms with Gasteiger partial charge in [-0.15, -0.1) is 0 Å². The zero-order valence-electron chi connectivity index (χ0n) is 12.1.